The molecular formula is C11H11BrN2S. The van der Waals surface area contributed by atoms with Crippen LogP contribution in [0.3, 0.4) is 0 Å². The Morgan fingerprint density at radius 1 is 1.40 bits per heavy atom. The molecule has 0 atom stereocenters. The predicted molar refractivity (Wildman–Crippen MR) is 68.3 cm³/mol. The van der Waals surface area contributed by atoms with Crippen molar-refractivity contribution in [1.29, 1.82) is 0 Å². The molecule has 0 aliphatic rings. The van der Waals surface area contributed by atoms with E-state index in [4.69, 9.17) is 0 Å². The second-order valence-corrected chi connectivity index (χ2v) is 5.35. The minimum Gasteiger partial charge on any atom is -0.379 e. The highest BCUT2D eigenvalue weighted by molar-refractivity contribution is 9.10. The Kier molecular flexibility index (Phi) is 3.38. The van der Waals surface area contributed by atoms with E-state index in [1.807, 2.05) is 31.3 Å². The van der Waals surface area contributed by atoms with Gasteiger partial charge in [-0.1, -0.05) is 12.1 Å². The summed E-state index contributed by atoms with van der Waals surface area (Å²) in [6.07, 6.45) is 1.92. The van der Waals surface area contributed by atoms with Crippen LogP contribution < -0.4 is 5.32 Å². The minimum atomic E-state index is 0.828. The van der Waals surface area contributed by atoms with Crippen molar-refractivity contribution in [2.75, 3.05) is 5.32 Å². The Morgan fingerprint density at radius 3 is 2.87 bits per heavy atom. The lowest BCUT2D eigenvalue weighted by molar-refractivity contribution is 1.16. The van der Waals surface area contributed by atoms with Crippen LogP contribution in [0.4, 0.5) is 5.69 Å². The Hall–Kier alpha value is -0.870. The zero-order valence-corrected chi connectivity index (χ0v) is 10.7. The normalized spacial score (nSPS) is 10.3. The number of aromatic nitrogens is 1. The topological polar surface area (TPSA) is 24.9 Å². The lowest BCUT2D eigenvalue weighted by Gasteiger charge is -2.05. The average Bonchev–Trinajstić information content (AvgIpc) is 2.63. The molecular weight excluding hydrogens is 272 g/mol. The van der Waals surface area contributed by atoms with E-state index in [-0.39, 0.29) is 0 Å². The van der Waals surface area contributed by atoms with Gasteiger partial charge in [0.1, 0.15) is 0 Å². The zero-order chi connectivity index (χ0) is 10.7. The number of anilines is 1. The standard InChI is InChI=1S/C11H11BrN2S/c1-8-13-6-9(15-8)7-14-11-5-3-2-4-10(11)12/h2-6,14H,7H2,1H3. The van der Waals surface area contributed by atoms with Gasteiger partial charge in [0.05, 0.1) is 11.6 Å². The van der Waals surface area contributed by atoms with Crippen molar-refractivity contribution in [3.05, 3.63) is 44.8 Å². The number of halogens is 1. The first-order valence-corrected chi connectivity index (χ1v) is 6.26. The quantitative estimate of drug-likeness (QED) is 0.926. The highest BCUT2D eigenvalue weighted by atomic mass is 79.9. The molecule has 0 aliphatic heterocycles. The molecule has 1 aromatic heterocycles. The van der Waals surface area contributed by atoms with Crippen LogP contribution in [0.5, 0.6) is 0 Å². The molecule has 0 unspecified atom stereocenters. The highest BCUT2D eigenvalue weighted by Gasteiger charge is 2.00. The van der Waals surface area contributed by atoms with Crippen LogP contribution in [-0.4, -0.2) is 4.98 Å². The summed E-state index contributed by atoms with van der Waals surface area (Å²) in [5, 5.41) is 4.48. The van der Waals surface area contributed by atoms with Crippen LogP contribution in [0.25, 0.3) is 0 Å². The molecule has 0 fully saturated rings. The van der Waals surface area contributed by atoms with E-state index < -0.39 is 0 Å². The van der Waals surface area contributed by atoms with Crippen LogP contribution >= 0.6 is 27.3 Å². The third kappa shape index (κ3) is 2.79. The van der Waals surface area contributed by atoms with E-state index >= 15 is 0 Å². The molecule has 0 saturated heterocycles. The maximum atomic E-state index is 4.22. The first-order chi connectivity index (χ1) is 7.25. The van der Waals surface area contributed by atoms with Crippen LogP contribution in [0.2, 0.25) is 0 Å². The van der Waals surface area contributed by atoms with Crippen molar-refractivity contribution in [3.8, 4) is 0 Å². The van der Waals surface area contributed by atoms with Crippen molar-refractivity contribution < 1.29 is 0 Å². The number of nitrogens with zero attached hydrogens (tertiary/aromatic N) is 1. The Balaban J connectivity index is 2.02. The van der Waals surface area contributed by atoms with Gasteiger partial charge in [-0.05, 0) is 35.0 Å². The average molecular weight is 283 g/mol. The molecule has 1 N–H and O–H groups in total. The Morgan fingerprint density at radius 2 is 2.20 bits per heavy atom. The summed E-state index contributed by atoms with van der Waals surface area (Å²) in [6, 6.07) is 8.11. The summed E-state index contributed by atoms with van der Waals surface area (Å²) < 4.78 is 1.09. The molecule has 0 spiro atoms. The van der Waals surface area contributed by atoms with Crippen LogP contribution in [0.15, 0.2) is 34.9 Å². The van der Waals surface area contributed by atoms with E-state index in [9.17, 15) is 0 Å². The van der Waals surface area contributed by atoms with E-state index in [2.05, 4.69) is 32.3 Å². The molecule has 1 heterocycles. The molecule has 0 radical (unpaired) electrons. The van der Waals surface area contributed by atoms with Crippen molar-refractivity contribution in [2.24, 2.45) is 0 Å². The van der Waals surface area contributed by atoms with Gasteiger partial charge in [0.25, 0.3) is 0 Å². The fraction of sp³-hybridized carbons (Fsp3) is 0.182. The fourth-order valence-electron chi connectivity index (χ4n) is 1.27. The van der Waals surface area contributed by atoms with Gasteiger partial charge in [0, 0.05) is 21.2 Å². The molecule has 0 bridgehead atoms. The van der Waals surface area contributed by atoms with Crippen molar-refractivity contribution in [2.45, 2.75) is 13.5 Å². The molecule has 2 nitrogen and oxygen atoms in total. The zero-order valence-electron chi connectivity index (χ0n) is 8.33. The molecule has 0 amide bonds. The van der Waals surface area contributed by atoms with E-state index in [0.29, 0.717) is 0 Å². The first kappa shape index (κ1) is 10.6. The van der Waals surface area contributed by atoms with Gasteiger partial charge in [-0.25, -0.2) is 4.98 Å². The van der Waals surface area contributed by atoms with Crippen LogP contribution in [-0.2, 0) is 6.54 Å². The van der Waals surface area contributed by atoms with Gasteiger partial charge in [-0.3, -0.25) is 0 Å². The maximum absolute atomic E-state index is 4.22. The number of nitrogens with one attached hydrogen (secondary N) is 1. The second-order valence-electron chi connectivity index (χ2n) is 3.18. The monoisotopic (exact) mass is 282 g/mol. The van der Waals surface area contributed by atoms with Gasteiger partial charge in [-0.15, -0.1) is 11.3 Å². The third-order valence-corrected chi connectivity index (χ3v) is 3.60. The van der Waals surface area contributed by atoms with Gasteiger partial charge in [0.15, 0.2) is 0 Å². The number of thiazole rings is 1. The summed E-state index contributed by atoms with van der Waals surface area (Å²) in [7, 11) is 0. The minimum absolute atomic E-state index is 0.828. The smallest absolute Gasteiger partial charge is 0.0897 e. The van der Waals surface area contributed by atoms with Gasteiger partial charge in [0.2, 0.25) is 0 Å². The van der Waals surface area contributed by atoms with Gasteiger partial charge >= 0.3 is 0 Å². The molecule has 4 heteroatoms. The molecule has 0 saturated carbocycles. The molecule has 15 heavy (non-hydrogen) atoms. The number of benzene rings is 1. The van der Waals surface area contributed by atoms with Crippen molar-refractivity contribution in [1.82, 2.24) is 4.98 Å². The first-order valence-electron chi connectivity index (χ1n) is 4.65. The maximum Gasteiger partial charge on any atom is 0.0897 e. The lowest BCUT2D eigenvalue weighted by Crippen LogP contribution is -1.97. The van der Waals surface area contributed by atoms with Crippen molar-refractivity contribution >= 4 is 33.0 Å². The van der Waals surface area contributed by atoms with E-state index in [0.717, 1.165) is 21.7 Å². The summed E-state index contributed by atoms with van der Waals surface area (Å²) in [5.74, 6) is 0. The predicted octanol–water partition coefficient (Wildman–Crippen LogP) is 3.83. The van der Waals surface area contributed by atoms with Gasteiger partial charge in [-0.2, -0.15) is 0 Å². The summed E-state index contributed by atoms with van der Waals surface area (Å²) in [5.41, 5.74) is 1.11. The Labute approximate surface area is 101 Å². The van der Waals surface area contributed by atoms with Crippen LogP contribution in [0, 0.1) is 6.92 Å². The lowest BCUT2D eigenvalue weighted by atomic mass is 10.3. The SMILES string of the molecule is Cc1ncc(CNc2ccccc2Br)s1. The molecule has 78 valence electrons. The molecule has 2 rings (SSSR count). The summed E-state index contributed by atoms with van der Waals surface area (Å²) in [4.78, 5) is 5.47. The fourth-order valence-corrected chi connectivity index (χ4v) is 2.43. The van der Waals surface area contributed by atoms with Gasteiger partial charge < -0.3 is 5.32 Å². The molecule has 2 aromatic rings. The van der Waals surface area contributed by atoms with Crippen molar-refractivity contribution in [3.63, 3.8) is 0 Å². The van der Waals surface area contributed by atoms with Crippen LogP contribution in [0.1, 0.15) is 9.88 Å². The molecule has 0 aliphatic carbocycles. The second kappa shape index (κ2) is 4.77. The Bertz CT molecular complexity index is 453. The third-order valence-electron chi connectivity index (χ3n) is 2.00. The summed E-state index contributed by atoms with van der Waals surface area (Å²) >= 11 is 5.22. The summed E-state index contributed by atoms with van der Waals surface area (Å²) in [6.45, 7) is 2.85. The molecule has 1 aromatic carbocycles. The van der Waals surface area contributed by atoms with E-state index in [1.54, 1.807) is 11.3 Å². The number of para-hydroxylation sites is 1. The number of hydrogen-bond acceptors (Lipinski definition) is 3. The number of hydrogen-bond donors (Lipinski definition) is 1. The largest absolute Gasteiger partial charge is 0.379 e. The number of rotatable bonds is 3. The van der Waals surface area contributed by atoms with E-state index in [1.165, 1.54) is 4.88 Å². The number of aryl methyl sites for hydroxylation is 1. The highest BCUT2D eigenvalue weighted by Crippen LogP contribution is 2.22.